The largest absolute Gasteiger partial charge is 0.344 e. The number of hydrogen-bond donors (Lipinski definition) is 1. The molecule has 0 bridgehead atoms. The molecule has 27 heavy (non-hydrogen) atoms. The maximum Gasteiger partial charge on any atom is 0.248 e. The Kier molecular flexibility index (Phi) is 6.53. The van der Waals surface area contributed by atoms with Crippen LogP contribution in [0.5, 0.6) is 0 Å². The van der Waals surface area contributed by atoms with E-state index >= 15 is 0 Å². The van der Waals surface area contributed by atoms with Crippen LogP contribution in [0.3, 0.4) is 0 Å². The number of hydrogen-bond acceptors (Lipinski definition) is 5. The number of amides is 1. The molecule has 1 heterocycles. The number of nitrogens with one attached hydrogen (secondary N) is 1. The van der Waals surface area contributed by atoms with Crippen molar-refractivity contribution in [3.63, 3.8) is 0 Å². The third kappa shape index (κ3) is 5.34. The van der Waals surface area contributed by atoms with Crippen molar-refractivity contribution in [3.8, 4) is 0 Å². The van der Waals surface area contributed by atoms with Crippen molar-refractivity contribution in [2.24, 2.45) is 0 Å². The Morgan fingerprint density at radius 2 is 1.85 bits per heavy atom. The molecule has 1 N–H and O–H groups in total. The molecule has 7 heteroatoms. The Hall–Kier alpha value is -2.31. The van der Waals surface area contributed by atoms with Crippen LogP contribution >= 0.6 is 23.4 Å². The quantitative estimate of drug-likeness (QED) is 0.582. The predicted molar refractivity (Wildman–Crippen MR) is 107 cm³/mol. The number of carbonyl (C=O) groups is 1. The summed E-state index contributed by atoms with van der Waals surface area (Å²) in [5.74, 6) is 0.871. The fraction of sp³-hybridized carbons (Fsp3) is 0.250. The van der Waals surface area contributed by atoms with Gasteiger partial charge in [-0.25, -0.2) is 0 Å². The second-order valence-corrected chi connectivity index (χ2v) is 7.92. The summed E-state index contributed by atoms with van der Waals surface area (Å²) in [5.41, 5.74) is 1.10. The van der Waals surface area contributed by atoms with E-state index in [1.54, 1.807) is 0 Å². The van der Waals surface area contributed by atoms with E-state index in [2.05, 4.69) is 15.5 Å². The number of carbonyl (C=O) groups excluding carboxylic acids is 1. The zero-order valence-corrected chi connectivity index (χ0v) is 16.6. The van der Waals surface area contributed by atoms with Gasteiger partial charge in [-0.2, -0.15) is 4.98 Å². The molecule has 0 saturated heterocycles. The molecule has 0 aliphatic rings. The lowest BCUT2D eigenvalue weighted by Gasteiger charge is -2.15. The van der Waals surface area contributed by atoms with Crippen molar-refractivity contribution in [3.05, 3.63) is 76.9 Å². The van der Waals surface area contributed by atoms with Crippen LogP contribution in [0.15, 0.2) is 64.0 Å². The van der Waals surface area contributed by atoms with Crippen LogP contribution in [0, 0.1) is 0 Å². The average Bonchev–Trinajstić information content (AvgIpc) is 3.13. The number of halogens is 1. The Bertz CT molecular complexity index is 901. The van der Waals surface area contributed by atoms with Gasteiger partial charge in [0.05, 0.1) is 10.3 Å². The Morgan fingerprint density at radius 1 is 1.15 bits per heavy atom. The lowest BCUT2D eigenvalue weighted by Crippen LogP contribution is -2.33. The molecule has 1 aromatic heterocycles. The Labute approximate surface area is 167 Å². The van der Waals surface area contributed by atoms with E-state index in [0.29, 0.717) is 23.2 Å². The number of rotatable bonds is 7. The van der Waals surface area contributed by atoms with E-state index in [4.69, 9.17) is 16.1 Å². The van der Waals surface area contributed by atoms with Crippen LogP contribution in [0.2, 0.25) is 5.02 Å². The molecular weight excluding hydrogens is 382 g/mol. The first kappa shape index (κ1) is 19.5. The van der Waals surface area contributed by atoms with Gasteiger partial charge < -0.3 is 9.84 Å². The van der Waals surface area contributed by atoms with E-state index < -0.39 is 0 Å². The summed E-state index contributed by atoms with van der Waals surface area (Å²) in [6.45, 7) is 3.66. The second-order valence-electron chi connectivity index (χ2n) is 6.13. The summed E-state index contributed by atoms with van der Waals surface area (Å²) in [4.78, 5) is 17.7. The molecule has 0 aliphatic carbocycles. The SMILES string of the molecule is C[C@H](Sc1ccccc1Cl)C(=O)N[C@@H](C)c1nc(Cc2ccccc2)no1. The number of benzene rings is 2. The molecule has 3 rings (SSSR count). The fourth-order valence-electron chi connectivity index (χ4n) is 2.47. The molecule has 0 radical (unpaired) electrons. The van der Waals surface area contributed by atoms with Gasteiger partial charge in [0.25, 0.3) is 0 Å². The Balaban J connectivity index is 1.57. The van der Waals surface area contributed by atoms with Crippen molar-refractivity contribution in [1.82, 2.24) is 15.5 Å². The molecule has 3 aromatic rings. The van der Waals surface area contributed by atoms with Gasteiger partial charge in [0.2, 0.25) is 11.8 Å². The third-order valence-corrected chi connectivity index (χ3v) is 5.55. The normalized spacial score (nSPS) is 13.1. The Morgan fingerprint density at radius 3 is 2.59 bits per heavy atom. The van der Waals surface area contributed by atoms with Crippen LogP contribution < -0.4 is 5.32 Å². The fourth-order valence-corrected chi connectivity index (χ4v) is 3.63. The van der Waals surface area contributed by atoms with Gasteiger partial charge >= 0.3 is 0 Å². The highest BCUT2D eigenvalue weighted by atomic mass is 35.5. The summed E-state index contributed by atoms with van der Waals surface area (Å²) in [6, 6.07) is 17.0. The molecule has 0 unspecified atom stereocenters. The first-order chi connectivity index (χ1) is 13.0. The number of nitrogens with zero attached hydrogens (tertiary/aromatic N) is 2. The van der Waals surface area contributed by atoms with Crippen LogP contribution in [0.25, 0.3) is 0 Å². The van der Waals surface area contributed by atoms with Gasteiger partial charge in [-0.1, -0.05) is 59.2 Å². The zero-order chi connectivity index (χ0) is 19.2. The summed E-state index contributed by atoms with van der Waals surface area (Å²) < 4.78 is 5.31. The number of aromatic nitrogens is 2. The van der Waals surface area contributed by atoms with Crippen molar-refractivity contribution < 1.29 is 9.32 Å². The van der Waals surface area contributed by atoms with Crippen molar-refractivity contribution >= 4 is 29.3 Å². The maximum absolute atomic E-state index is 12.5. The van der Waals surface area contributed by atoms with Crippen LogP contribution in [0.4, 0.5) is 0 Å². The molecule has 1 amide bonds. The maximum atomic E-state index is 12.5. The van der Waals surface area contributed by atoms with Gasteiger partial charge in [0, 0.05) is 11.3 Å². The molecule has 0 aliphatic heterocycles. The molecular formula is C20H20ClN3O2S. The standard InChI is InChI=1S/C20H20ClN3O2S/c1-13(20-23-18(24-26-20)12-15-8-4-3-5-9-15)22-19(25)14(2)27-17-11-7-6-10-16(17)21/h3-11,13-14H,12H2,1-2H3,(H,22,25)/t13-,14-/m0/s1. The van der Waals surface area contributed by atoms with Crippen LogP contribution in [-0.4, -0.2) is 21.3 Å². The van der Waals surface area contributed by atoms with E-state index in [1.165, 1.54) is 11.8 Å². The van der Waals surface area contributed by atoms with Crippen LogP contribution in [0.1, 0.15) is 37.2 Å². The van der Waals surface area contributed by atoms with Gasteiger partial charge in [-0.05, 0) is 31.5 Å². The highest BCUT2D eigenvalue weighted by Crippen LogP contribution is 2.30. The average molecular weight is 402 g/mol. The topological polar surface area (TPSA) is 68.0 Å². The minimum absolute atomic E-state index is 0.116. The first-order valence-corrected chi connectivity index (χ1v) is 9.86. The molecule has 2 aromatic carbocycles. The van der Waals surface area contributed by atoms with E-state index in [0.717, 1.165) is 10.5 Å². The lowest BCUT2D eigenvalue weighted by molar-refractivity contribution is -0.121. The van der Waals surface area contributed by atoms with Gasteiger partial charge in [0.15, 0.2) is 5.82 Å². The predicted octanol–water partition coefficient (Wildman–Crippen LogP) is 4.67. The molecule has 0 spiro atoms. The summed E-state index contributed by atoms with van der Waals surface area (Å²) in [6.07, 6.45) is 0.587. The third-order valence-electron chi connectivity index (χ3n) is 3.93. The smallest absolute Gasteiger partial charge is 0.248 e. The van der Waals surface area contributed by atoms with Gasteiger partial charge in [-0.15, -0.1) is 11.8 Å². The molecule has 0 saturated carbocycles. The van der Waals surface area contributed by atoms with Crippen LogP contribution in [-0.2, 0) is 11.2 Å². The molecule has 140 valence electrons. The number of thioether (sulfide) groups is 1. The van der Waals surface area contributed by atoms with Gasteiger partial charge in [0.1, 0.15) is 6.04 Å². The minimum atomic E-state index is -0.371. The summed E-state index contributed by atoms with van der Waals surface area (Å²) in [5, 5.41) is 7.25. The molecule has 0 fully saturated rings. The minimum Gasteiger partial charge on any atom is -0.344 e. The highest BCUT2D eigenvalue weighted by Gasteiger charge is 2.21. The zero-order valence-electron chi connectivity index (χ0n) is 15.1. The van der Waals surface area contributed by atoms with Crippen molar-refractivity contribution in [2.45, 2.75) is 36.5 Å². The van der Waals surface area contributed by atoms with Crippen molar-refractivity contribution in [2.75, 3.05) is 0 Å². The second kappa shape index (κ2) is 9.06. The summed E-state index contributed by atoms with van der Waals surface area (Å²) >= 11 is 7.57. The highest BCUT2D eigenvalue weighted by molar-refractivity contribution is 8.00. The lowest BCUT2D eigenvalue weighted by atomic mass is 10.1. The van der Waals surface area contributed by atoms with Gasteiger partial charge in [-0.3, -0.25) is 4.79 Å². The summed E-state index contributed by atoms with van der Waals surface area (Å²) in [7, 11) is 0. The molecule has 5 nitrogen and oxygen atoms in total. The van der Waals surface area contributed by atoms with E-state index in [9.17, 15) is 4.79 Å². The first-order valence-electron chi connectivity index (χ1n) is 8.61. The van der Waals surface area contributed by atoms with E-state index in [-0.39, 0.29) is 17.2 Å². The molecule has 2 atom stereocenters. The monoisotopic (exact) mass is 401 g/mol. The van der Waals surface area contributed by atoms with Crippen molar-refractivity contribution in [1.29, 1.82) is 0 Å². The van der Waals surface area contributed by atoms with E-state index in [1.807, 2.05) is 68.4 Å².